The number of carbonyl (C=O) groups is 1. The summed E-state index contributed by atoms with van der Waals surface area (Å²) in [5, 5.41) is 2.73. The van der Waals surface area contributed by atoms with Gasteiger partial charge in [-0.2, -0.15) is 0 Å². The molecule has 1 atom stereocenters. The number of ether oxygens (including phenoxy) is 2. The van der Waals surface area contributed by atoms with E-state index < -0.39 is 6.04 Å². The Balaban J connectivity index is 3.32. The molecule has 0 fully saturated rings. The van der Waals surface area contributed by atoms with E-state index >= 15 is 0 Å². The minimum atomic E-state index is -0.459. The fourth-order valence-corrected chi connectivity index (χ4v) is 1.42. The first kappa shape index (κ1) is 18.3. The number of amides is 1. The van der Waals surface area contributed by atoms with Crippen molar-refractivity contribution in [2.45, 2.75) is 25.3 Å². The van der Waals surface area contributed by atoms with Crippen LogP contribution in [0.15, 0.2) is 0 Å². The van der Waals surface area contributed by atoms with Gasteiger partial charge in [0, 0.05) is 13.1 Å². The van der Waals surface area contributed by atoms with Crippen molar-refractivity contribution in [3.05, 3.63) is 0 Å². The van der Waals surface area contributed by atoms with Gasteiger partial charge in [0.25, 0.3) is 0 Å². The lowest BCUT2D eigenvalue weighted by atomic mass is 10.1. The second kappa shape index (κ2) is 13.7. The Morgan fingerprint density at radius 1 is 1.00 bits per heavy atom. The van der Waals surface area contributed by atoms with E-state index in [1.54, 1.807) is 0 Å². The third kappa shape index (κ3) is 12.1. The number of unbranched alkanes of at least 4 members (excludes halogenated alkanes) is 1. The normalized spacial score (nSPS) is 12.4. The van der Waals surface area contributed by atoms with Crippen LogP contribution in [0.3, 0.4) is 0 Å². The van der Waals surface area contributed by atoms with Crippen LogP contribution in [0, 0.1) is 0 Å². The Labute approximate surface area is 115 Å². The maximum atomic E-state index is 11.5. The number of nitrogens with two attached hydrogens (primary N) is 3. The largest absolute Gasteiger partial charge is 0.378 e. The predicted octanol–water partition coefficient (Wildman–Crippen LogP) is -1.45. The molecule has 0 aliphatic rings. The van der Waals surface area contributed by atoms with Gasteiger partial charge in [0.2, 0.25) is 5.91 Å². The molecule has 0 aromatic heterocycles. The van der Waals surface area contributed by atoms with E-state index in [9.17, 15) is 4.79 Å². The second-order valence-corrected chi connectivity index (χ2v) is 4.20. The number of carbonyl (C=O) groups excluding carboxylic acids is 1. The van der Waals surface area contributed by atoms with Crippen molar-refractivity contribution in [2.75, 3.05) is 46.1 Å². The van der Waals surface area contributed by atoms with Gasteiger partial charge in [0.05, 0.1) is 32.5 Å². The number of hydrogen-bond donors (Lipinski definition) is 4. The molecule has 7 N–H and O–H groups in total. The molecule has 0 heterocycles. The van der Waals surface area contributed by atoms with Crippen LogP contribution in [-0.2, 0) is 14.3 Å². The molecule has 19 heavy (non-hydrogen) atoms. The van der Waals surface area contributed by atoms with E-state index in [0.29, 0.717) is 52.5 Å². The minimum absolute atomic E-state index is 0.139. The van der Waals surface area contributed by atoms with Gasteiger partial charge in [-0.3, -0.25) is 4.79 Å². The molecule has 1 unspecified atom stereocenters. The highest BCUT2D eigenvalue weighted by Crippen LogP contribution is 1.97. The van der Waals surface area contributed by atoms with Crippen molar-refractivity contribution >= 4 is 5.91 Å². The van der Waals surface area contributed by atoms with Crippen LogP contribution < -0.4 is 22.5 Å². The first-order chi connectivity index (χ1) is 9.22. The monoisotopic (exact) mass is 276 g/mol. The van der Waals surface area contributed by atoms with Gasteiger partial charge < -0.3 is 32.0 Å². The maximum Gasteiger partial charge on any atom is 0.236 e. The molecule has 1 amide bonds. The molecular formula is C12H28N4O3. The van der Waals surface area contributed by atoms with Crippen LogP contribution in [0.1, 0.15) is 19.3 Å². The zero-order valence-electron chi connectivity index (χ0n) is 11.6. The second-order valence-electron chi connectivity index (χ2n) is 4.20. The summed E-state index contributed by atoms with van der Waals surface area (Å²) in [6, 6.07) is -0.459. The Kier molecular flexibility index (Phi) is 13.2. The summed E-state index contributed by atoms with van der Waals surface area (Å²) in [6.07, 6.45) is 2.43. The number of nitrogens with one attached hydrogen (secondary N) is 1. The first-order valence-electron chi connectivity index (χ1n) is 6.81. The zero-order chi connectivity index (χ0) is 14.3. The van der Waals surface area contributed by atoms with Crippen molar-refractivity contribution < 1.29 is 14.3 Å². The first-order valence-corrected chi connectivity index (χ1v) is 6.81. The van der Waals surface area contributed by atoms with E-state index in [4.69, 9.17) is 26.7 Å². The molecule has 7 heteroatoms. The van der Waals surface area contributed by atoms with Crippen molar-refractivity contribution in [1.82, 2.24) is 5.32 Å². The Bertz CT molecular complexity index is 217. The SMILES string of the molecule is NCCCCC(N)C(=O)NCCOCCOCCN. The summed E-state index contributed by atoms with van der Waals surface area (Å²) in [7, 11) is 0. The smallest absolute Gasteiger partial charge is 0.236 e. The van der Waals surface area contributed by atoms with Crippen molar-refractivity contribution in [1.29, 1.82) is 0 Å². The molecule has 0 aliphatic carbocycles. The van der Waals surface area contributed by atoms with Crippen LogP contribution in [0.5, 0.6) is 0 Å². The van der Waals surface area contributed by atoms with Crippen LogP contribution in [0.2, 0.25) is 0 Å². The van der Waals surface area contributed by atoms with Gasteiger partial charge in [-0.1, -0.05) is 6.42 Å². The lowest BCUT2D eigenvalue weighted by Crippen LogP contribution is -2.41. The van der Waals surface area contributed by atoms with Gasteiger partial charge in [-0.25, -0.2) is 0 Å². The zero-order valence-corrected chi connectivity index (χ0v) is 11.6. The van der Waals surface area contributed by atoms with Crippen molar-refractivity contribution in [2.24, 2.45) is 17.2 Å². The average molecular weight is 276 g/mol. The van der Waals surface area contributed by atoms with E-state index in [1.165, 1.54) is 0 Å². The summed E-state index contributed by atoms with van der Waals surface area (Å²) < 4.78 is 10.4. The number of rotatable bonds is 13. The predicted molar refractivity (Wildman–Crippen MR) is 74.6 cm³/mol. The third-order valence-electron chi connectivity index (χ3n) is 2.49. The van der Waals surface area contributed by atoms with Crippen LogP contribution in [-0.4, -0.2) is 58.0 Å². The highest BCUT2D eigenvalue weighted by atomic mass is 16.5. The highest BCUT2D eigenvalue weighted by molar-refractivity contribution is 5.81. The molecule has 0 saturated carbocycles. The maximum absolute atomic E-state index is 11.5. The molecule has 0 radical (unpaired) electrons. The number of hydrogen-bond acceptors (Lipinski definition) is 6. The van der Waals surface area contributed by atoms with Gasteiger partial charge in [-0.15, -0.1) is 0 Å². The van der Waals surface area contributed by atoms with Gasteiger partial charge in [-0.05, 0) is 19.4 Å². The Morgan fingerprint density at radius 2 is 1.68 bits per heavy atom. The van der Waals surface area contributed by atoms with Crippen LogP contribution in [0.25, 0.3) is 0 Å². The lowest BCUT2D eigenvalue weighted by molar-refractivity contribution is -0.122. The molecule has 0 aromatic rings. The highest BCUT2D eigenvalue weighted by Gasteiger charge is 2.11. The Hall–Kier alpha value is -0.730. The minimum Gasteiger partial charge on any atom is -0.378 e. The molecular weight excluding hydrogens is 248 g/mol. The van der Waals surface area contributed by atoms with Crippen LogP contribution >= 0.6 is 0 Å². The molecule has 114 valence electrons. The van der Waals surface area contributed by atoms with E-state index in [0.717, 1.165) is 12.8 Å². The van der Waals surface area contributed by atoms with Crippen molar-refractivity contribution in [3.63, 3.8) is 0 Å². The molecule has 0 rings (SSSR count). The summed E-state index contributed by atoms with van der Waals surface area (Å²) >= 11 is 0. The van der Waals surface area contributed by atoms with E-state index in [-0.39, 0.29) is 5.91 Å². The molecule has 0 spiro atoms. The van der Waals surface area contributed by atoms with Gasteiger partial charge in [0.15, 0.2) is 0 Å². The lowest BCUT2D eigenvalue weighted by Gasteiger charge is -2.12. The molecule has 0 aliphatic heterocycles. The summed E-state index contributed by atoms with van der Waals surface area (Å²) in [5.74, 6) is -0.139. The van der Waals surface area contributed by atoms with Gasteiger partial charge in [0.1, 0.15) is 0 Å². The Morgan fingerprint density at radius 3 is 2.32 bits per heavy atom. The quantitative estimate of drug-likeness (QED) is 0.305. The average Bonchev–Trinajstić information content (AvgIpc) is 2.41. The standard InChI is InChI=1S/C12H28N4O3/c13-4-2-1-3-11(15)12(17)16-6-8-19-10-9-18-7-5-14/h11H,1-10,13-15H2,(H,16,17). The van der Waals surface area contributed by atoms with Crippen molar-refractivity contribution in [3.8, 4) is 0 Å². The van der Waals surface area contributed by atoms with E-state index in [2.05, 4.69) is 5.32 Å². The molecule has 0 aromatic carbocycles. The fourth-order valence-electron chi connectivity index (χ4n) is 1.42. The molecule has 0 bridgehead atoms. The van der Waals surface area contributed by atoms with Gasteiger partial charge >= 0.3 is 0 Å². The molecule has 0 saturated heterocycles. The fraction of sp³-hybridized carbons (Fsp3) is 0.917. The summed E-state index contributed by atoms with van der Waals surface area (Å²) in [5.41, 5.74) is 16.4. The van der Waals surface area contributed by atoms with Crippen LogP contribution in [0.4, 0.5) is 0 Å². The topological polar surface area (TPSA) is 126 Å². The summed E-state index contributed by atoms with van der Waals surface area (Å²) in [4.78, 5) is 11.5. The van der Waals surface area contributed by atoms with E-state index in [1.807, 2.05) is 0 Å². The summed E-state index contributed by atoms with van der Waals surface area (Å²) in [6.45, 7) is 3.61. The third-order valence-corrected chi connectivity index (χ3v) is 2.49. The molecule has 7 nitrogen and oxygen atoms in total.